The van der Waals surface area contributed by atoms with Crippen molar-refractivity contribution in [1.82, 2.24) is 4.90 Å². The lowest BCUT2D eigenvalue weighted by atomic mass is 9.97. The highest BCUT2D eigenvalue weighted by atomic mass is 16.1. The minimum atomic E-state index is 0.472. The van der Waals surface area contributed by atoms with Gasteiger partial charge >= 0.3 is 0 Å². The monoisotopic (exact) mass is 125 g/mol. The van der Waals surface area contributed by atoms with Gasteiger partial charge in [-0.3, -0.25) is 4.79 Å². The van der Waals surface area contributed by atoms with E-state index in [1.54, 1.807) is 0 Å². The molecule has 3 aliphatic heterocycles. The van der Waals surface area contributed by atoms with Gasteiger partial charge in [0.1, 0.15) is 5.78 Å². The molecular formula is C7H11NO. The molecule has 50 valence electrons. The van der Waals surface area contributed by atoms with Crippen LogP contribution in [-0.2, 0) is 4.79 Å². The molecule has 0 radical (unpaired) electrons. The number of carbonyl (C=O) groups is 1. The standard InChI is InChI=1S/C7H11NO/c9-7-1-2-8-4-6(3-7)5-8/h6H,1-5H2. The molecule has 0 aromatic carbocycles. The Morgan fingerprint density at radius 2 is 2.22 bits per heavy atom. The maximum atomic E-state index is 10.9. The molecule has 2 heteroatoms. The van der Waals surface area contributed by atoms with Gasteiger partial charge in [-0.25, -0.2) is 0 Å². The first-order valence-corrected chi connectivity index (χ1v) is 3.58. The Morgan fingerprint density at radius 3 is 3.00 bits per heavy atom. The van der Waals surface area contributed by atoms with Gasteiger partial charge in [-0.1, -0.05) is 0 Å². The van der Waals surface area contributed by atoms with Crippen LogP contribution in [0.2, 0.25) is 0 Å². The molecule has 0 aliphatic carbocycles. The molecule has 0 unspecified atom stereocenters. The number of hydrogen-bond acceptors (Lipinski definition) is 2. The van der Waals surface area contributed by atoms with E-state index in [0.29, 0.717) is 5.78 Å². The average molecular weight is 125 g/mol. The zero-order valence-electron chi connectivity index (χ0n) is 5.47. The van der Waals surface area contributed by atoms with Gasteiger partial charge in [0.15, 0.2) is 0 Å². The lowest BCUT2D eigenvalue weighted by molar-refractivity contribution is -0.119. The Morgan fingerprint density at radius 1 is 1.44 bits per heavy atom. The molecular weight excluding hydrogens is 114 g/mol. The van der Waals surface area contributed by atoms with Crippen LogP contribution in [-0.4, -0.2) is 30.3 Å². The van der Waals surface area contributed by atoms with Gasteiger partial charge in [-0.05, 0) is 5.92 Å². The fourth-order valence-corrected chi connectivity index (χ4v) is 1.70. The smallest absolute Gasteiger partial charge is 0.134 e. The third kappa shape index (κ3) is 0.874. The summed E-state index contributed by atoms with van der Waals surface area (Å²) in [5.74, 6) is 1.19. The van der Waals surface area contributed by atoms with Crippen LogP contribution in [0.5, 0.6) is 0 Å². The Bertz CT molecular complexity index is 138. The van der Waals surface area contributed by atoms with Crippen molar-refractivity contribution in [1.29, 1.82) is 0 Å². The molecule has 0 aromatic rings. The van der Waals surface area contributed by atoms with Crippen molar-refractivity contribution in [3.05, 3.63) is 0 Å². The molecule has 0 aromatic heterocycles. The molecule has 0 amide bonds. The predicted molar refractivity (Wildman–Crippen MR) is 34.2 cm³/mol. The van der Waals surface area contributed by atoms with Gasteiger partial charge in [-0.2, -0.15) is 0 Å². The molecule has 0 spiro atoms. The molecule has 0 atom stereocenters. The van der Waals surface area contributed by atoms with Crippen molar-refractivity contribution < 1.29 is 4.79 Å². The summed E-state index contributed by atoms with van der Waals surface area (Å²) in [5.41, 5.74) is 0. The van der Waals surface area contributed by atoms with Crippen LogP contribution >= 0.6 is 0 Å². The number of Topliss-reactive ketones (excluding diaryl/α,β-unsaturated/α-hetero) is 1. The highest BCUT2D eigenvalue weighted by molar-refractivity contribution is 5.79. The second-order valence-corrected chi connectivity index (χ2v) is 3.12. The summed E-state index contributed by atoms with van der Waals surface area (Å²) in [7, 11) is 0. The van der Waals surface area contributed by atoms with E-state index >= 15 is 0 Å². The van der Waals surface area contributed by atoms with E-state index in [1.165, 1.54) is 13.1 Å². The number of ketones is 1. The molecule has 3 rings (SSSR count). The van der Waals surface area contributed by atoms with E-state index in [4.69, 9.17) is 0 Å². The van der Waals surface area contributed by atoms with E-state index < -0.39 is 0 Å². The van der Waals surface area contributed by atoms with Gasteiger partial charge in [0.25, 0.3) is 0 Å². The maximum Gasteiger partial charge on any atom is 0.134 e. The normalized spacial score (nSPS) is 41.6. The van der Waals surface area contributed by atoms with Gasteiger partial charge in [0.2, 0.25) is 0 Å². The van der Waals surface area contributed by atoms with Gasteiger partial charge in [0, 0.05) is 32.5 Å². The summed E-state index contributed by atoms with van der Waals surface area (Å²) in [4.78, 5) is 13.3. The van der Waals surface area contributed by atoms with Crippen LogP contribution in [0, 0.1) is 5.92 Å². The zero-order chi connectivity index (χ0) is 6.27. The number of hydrogen-bond donors (Lipinski definition) is 0. The number of fused-ring (bicyclic) bond motifs is 3. The molecule has 3 fully saturated rings. The maximum absolute atomic E-state index is 10.9. The Hall–Kier alpha value is -0.370. The lowest BCUT2D eigenvalue weighted by Gasteiger charge is -2.35. The predicted octanol–water partition coefficient (Wildman–Crippen LogP) is 0.281. The summed E-state index contributed by atoms with van der Waals surface area (Å²) >= 11 is 0. The van der Waals surface area contributed by atoms with E-state index in [-0.39, 0.29) is 0 Å². The summed E-state index contributed by atoms with van der Waals surface area (Å²) in [6, 6.07) is 0. The first-order chi connectivity index (χ1) is 4.34. The summed E-state index contributed by atoms with van der Waals surface area (Å²) in [5, 5.41) is 0. The van der Waals surface area contributed by atoms with Crippen LogP contribution in [0.15, 0.2) is 0 Å². The molecule has 0 saturated carbocycles. The fourth-order valence-electron chi connectivity index (χ4n) is 1.70. The van der Waals surface area contributed by atoms with Crippen molar-refractivity contribution in [3.8, 4) is 0 Å². The molecule has 0 N–H and O–H groups in total. The highest BCUT2D eigenvalue weighted by Gasteiger charge is 2.31. The highest BCUT2D eigenvalue weighted by Crippen LogP contribution is 2.23. The van der Waals surface area contributed by atoms with Crippen LogP contribution < -0.4 is 0 Å². The van der Waals surface area contributed by atoms with Crippen LogP contribution in [0.3, 0.4) is 0 Å². The van der Waals surface area contributed by atoms with Crippen LogP contribution in [0.4, 0.5) is 0 Å². The van der Waals surface area contributed by atoms with Crippen molar-refractivity contribution in [3.63, 3.8) is 0 Å². The first kappa shape index (κ1) is 5.42. The molecule has 3 aliphatic rings. The SMILES string of the molecule is O=C1CCN2CC(C1)C2. The summed E-state index contributed by atoms with van der Waals surface area (Å²) < 4.78 is 0. The van der Waals surface area contributed by atoms with Gasteiger partial charge in [-0.15, -0.1) is 0 Å². The van der Waals surface area contributed by atoms with E-state index in [1.807, 2.05) is 0 Å². The van der Waals surface area contributed by atoms with Gasteiger partial charge < -0.3 is 4.90 Å². The van der Waals surface area contributed by atoms with E-state index in [0.717, 1.165) is 25.3 Å². The van der Waals surface area contributed by atoms with E-state index in [9.17, 15) is 4.79 Å². The molecule has 3 heterocycles. The molecule has 9 heavy (non-hydrogen) atoms. The molecule has 2 bridgehead atoms. The molecule has 2 nitrogen and oxygen atoms in total. The Labute approximate surface area is 54.8 Å². The minimum absolute atomic E-state index is 0.472. The third-order valence-electron chi connectivity index (χ3n) is 2.26. The van der Waals surface area contributed by atoms with Crippen LogP contribution in [0.25, 0.3) is 0 Å². The topological polar surface area (TPSA) is 20.3 Å². The van der Waals surface area contributed by atoms with Crippen molar-refractivity contribution in [2.75, 3.05) is 19.6 Å². The lowest BCUT2D eigenvalue weighted by Crippen LogP contribution is -2.44. The second-order valence-electron chi connectivity index (χ2n) is 3.12. The third-order valence-corrected chi connectivity index (χ3v) is 2.26. The quantitative estimate of drug-likeness (QED) is 0.463. The summed E-state index contributed by atoms with van der Waals surface area (Å²) in [6.07, 6.45) is 1.66. The van der Waals surface area contributed by atoms with E-state index in [2.05, 4.69) is 4.90 Å². The van der Waals surface area contributed by atoms with Crippen molar-refractivity contribution in [2.24, 2.45) is 5.92 Å². The largest absolute Gasteiger partial charge is 0.302 e. The van der Waals surface area contributed by atoms with Crippen molar-refractivity contribution >= 4 is 5.78 Å². The van der Waals surface area contributed by atoms with Crippen molar-refractivity contribution in [2.45, 2.75) is 12.8 Å². The average Bonchev–Trinajstić information content (AvgIpc) is 1.93. The zero-order valence-corrected chi connectivity index (χ0v) is 5.47. The number of nitrogens with zero attached hydrogens (tertiary/aromatic N) is 1. The Kier molecular flexibility index (Phi) is 1.09. The first-order valence-electron chi connectivity index (χ1n) is 3.58. The van der Waals surface area contributed by atoms with Gasteiger partial charge in [0.05, 0.1) is 0 Å². The fraction of sp³-hybridized carbons (Fsp3) is 0.857. The Balaban J connectivity index is 2.03. The number of carbonyl (C=O) groups excluding carboxylic acids is 1. The minimum Gasteiger partial charge on any atom is -0.302 e. The number of rotatable bonds is 0. The summed E-state index contributed by atoms with van der Waals surface area (Å²) in [6.45, 7) is 3.40. The molecule has 3 saturated heterocycles. The second kappa shape index (κ2) is 1.81. The van der Waals surface area contributed by atoms with Crippen LogP contribution in [0.1, 0.15) is 12.8 Å².